The first-order valence-electron chi connectivity index (χ1n) is 8.23. The highest BCUT2D eigenvalue weighted by molar-refractivity contribution is 6.01. The Morgan fingerprint density at radius 3 is 2.88 bits per heavy atom. The fraction of sp³-hybridized carbons (Fsp3) is 0.588. The molecule has 24 heavy (non-hydrogen) atoms. The third kappa shape index (κ3) is 3.29. The van der Waals surface area contributed by atoms with Crippen molar-refractivity contribution >= 4 is 23.5 Å². The number of hydrogen-bond donors (Lipinski definition) is 1. The number of anilines is 2. The minimum absolute atomic E-state index is 0.0403. The summed E-state index contributed by atoms with van der Waals surface area (Å²) in [6, 6.07) is 1.99. The third-order valence-electron chi connectivity index (χ3n) is 4.28. The third-order valence-corrected chi connectivity index (χ3v) is 4.28. The number of nitrogens with one attached hydrogen (secondary N) is 1. The highest BCUT2D eigenvalue weighted by Crippen LogP contribution is 2.34. The molecule has 0 radical (unpaired) electrons. The fourth-order valence-corrected chi connectivity index (χ4v) is 3.19. The Balaban J connectivity index is 1.67. The zero-order chi connectivity index (χ0) is 17.5. The molecular formula is C17H24N4O3. The lowest BCUT2D eigenvalue weighted by atomic mass is 10.1. The van der Waals surface area contributed by atoms with Crippen LogP contribution in [0.4, 0.5) is 16.3 Å². The average Bonchev–Trinajstić information content (AvgIpc) is 3.03. The van der Waals surface area contributed by atoms with Gasteiger partial charge in [0.1, 0.15) is 11.4 Å². The van der Waals surface area contributed by atoms with Crippen LogP contribution in [0.1, 0.15) is 32.8 Å². The Morgan fingerprint density at radius 1 is 1.42 bits per heavy atom. The first kappa shape index (κ1) is 16.5. The second kappa shape index (κ2) is 5.96. The number of fused-ring (bicyclic) bond motifs is 1. The number of hydrogen-bond acceptors (Lipinski definition) is 5. The summed E-state index contributed by atoms with van der Waals surface area (Å²) in [6.07, 6.45) is 2.58. The smallest absolute Gasteiger partial charge is 0.407 e. The Labute approximate surface area is 142 Å². The topological polar surface area (TPSA) is 74.8 Å². The molecule has 0 saturated carbocycles. The van der Waals surface area contributed by atoms with E-state index in [1.54, 1.807) is 18.1 Å². The SMILES string of the molecule is CN1C(=O)Cc2c(N3CC[C@@H](NC(=O)OC(C)(C)C)C3)ccnc21. The Bertz CT molecular complexity index is 668. The van der Waals surface area contributed by atoms with E-state index in [1.807, 2.05) is 26.8 Å². The molecule has 0 unspecified atom stereocenters. The van der Waals surface area contributed by atoms with Crippen molar-refractivity contribution in [1.82, 2.24) is 10.3 Å². The number of alkyl carbamates (subject to hydrolysis) is 1. The molecule has 2 amide bonds. The number of amides is 2. The number of aromatic nitrogens is 1. The molecule has 1 fully saturated rings. The number of pyridine rings is 1. The van der Waals surface area contributed by atoms with Crippen LogP contribution in [-0.2, 0) is 16.0 Å². The summed E-state index contributed by atoms with van der Waals surface area (Å²) in [6.45, 7) is 7.08. The van der Waals surface area contributed by atoms with Crippen molar-refractivity contribution in [1.29, 1.82) is 0 Å². The molecule has 1 aromatic heterocycles. The average molecular weight is 332 g/mol. The normalized spacial score (nSPS) is 20.3. The molecule has 0 aromatic carbocycles. The molecule has 2 aliphatic heterocycles. The highest BCUT2D eigenvalue weighted by atomic mass is 16.6. The van der Waals surface area contributed by atoms with Gasteiger partial charge in [-0.2, -0.15) is 0 Å². The van der Waals surface area contributed by atoms with Crippen LogP contribution < -0.4 is 15.1 Å². The summed E-state index contributed by atoms with van der Waals surface area (Å²) in [7, 11) is 1.75. The number of ether oxygens (including phenoxy) is 1. The van der Waals surface area contributed by atoms with Crippen molar-refractivity contribution in [2.45, 2.75) is 45.3 Å². The van der Waals surface area contributed by atoms with Crippen LogP contribution in [-0.4, -0.2) is 48.8 Å². The minimum Gasteiger partial charge on any atom is -0.444 e. The second-order valence-corrected chi connectivity index (χ2v) is 7.34. The van der Waals surface area contributed by atoms with E-state index < -0.39 is 5.60 Å². The monoisotopic (exact) mass is 332 g/mol. The van der Waals surface area contributed by atoms with Gasteiger partial charge in [0.25, 0.3) is 0 Å². The van der Waals surface area contributed by atoms with Gasteiger partial charge in [0, 0.05) is 37.6 Å². The second-order valence-electron chi connectivity index (χ2n) is 7.34. The van der Waals surface area contributed by atoms with Crippen molar-refractivity contribution in [2.75, 3.05) is 29.9 Å². The van der Waals surface area contributed by atoms with Crippen molar-refractivity contribution in [2.24, 2.45) is 0 Å². The van der Waals surface area contributed by atoms with E-state index >= 15 is 0 Å². The van der Waals surface area contributed by atoms with Gasteiger partial charge in [-0.1, -0.05) is 0 Å². The highest BCUT2D eigenvalue weighted by Gasteiger charge is 2.32. The molecule has 3 heterocycles. The maximum Gasteiger partial charge on any atom is 0.407 e. The molecule has 0 spiro atoms. The van der Waals surface area contributed by atoms with Gasteiger partial charge >= 0.3 is 6.09 Å². The predicted molar refractivity (Wildman–Crippen MR) is 91.3 cm³/mol. The van der Waals surface area contributed by atoms with Gasteiger partial charge in [0.05, 0.1) is 12.5 Å². The van der Waals surface area contributed by atoms with Crippen molar-refractivity contribution in [3.05, 3.63) is 17.8 Å². The van der Waals surface area contributed by atoms with Gasteiger partial charge < -0.3 is 15.0 Å². The molecule has 1 aromatic rings. The quantitative estimate of drug-likeness (QED) is 0.892. The van der Waals surface area contributed by atoms with E-state index in [4.69, 9.17) is 4.74 Å². The molecule has 2 aliphatic rings. The van der Waals surface area contributed by atoms with E-state index in [1.165, 1.54) is 0 Å². The van der Waals surface area contributed by atoms with Crippen LogP contribution in [0.15, 0.2) is 12.3 Å². The van der Waals surface area contributed by atoms with Gasteiger partial charge in [-0.3, -0.25) is 9.69 Å². The lowest BCUT2D eigenvalue weighted by Gasteiger charge is -2.23. The lowest BCUT2D eigenvalue weighted by Crippen LogP contribution is -2.40. The molecule has 0 aliphatic carbocycles. The van der Waals surface area contributed by atoms with Crippen LogP contribution in [0.3, 0.4) is 0 Å². The number of nitrogens with zero attached hydrogens (tertiary/aromatic N) is 3. The molecule has 3 rings (SSSR count). The van der Waals surface area contributed by atoms with Crippen LogP contribution in [0.25, 0.3) is 0 Å². The first-order chi connectivity index (χ1) is 11.2. The summed E-state index contributed by atoms with van der Waals surface area (Å²) in [5.41, 5.74) is 1.51. The zero-order valence-corrected chi connectivity index (χ0v) is 14.6. The maximum atomic E-state index is 11.9. The molecular weight excluding hydrogens is 308 g/mol. The summed E-state index contributed by atoms with van der Waals surface area (Å²) in [5, 5.41) is 2.92. The summed E-state index contributed by atoms with van der Waals surface area (Å²) >= 11 is 0. The van der Waals surface area contributed by atoms with E-state index in [9.17, 15) is 9.59 Å². The van der Waals surface area contributed by atoms with E-state index in [0.29, 0.717) is 13.0 Å². The standard InChI is InChI=1S/C17H24N4O3/c1-17(2,3)24-16(23)19-11-6-8-21(10-11)13-5-7-18-15-12(13)9-14(22)20(15)4/h5,7,11H,6,8-10H2,1-4H3,(H,19,23)/t11-/m1/s1. The number of rotatable bonds is 2. The Hall–Kier alpha value is -2.31. The van der Waals surface area contributed by atoms with E-state index in [-0.39, 0.29) is 18.0 Å². The zero-order valence-electron chi connectivity index (χ0n) is 14.6. The Kier molecular flexibility index (Phi) is 4.11. The van der Waals surface area contributed by atoms with Crippen molar-refractivity contribution in [3.8, 4) is 0 Å². The molecule has 1 saturated heterocycles. The van der Waals surface area contributed by atoms with Crippen molar-refractivity contribution < 1.29 is 14.3 Å². The number of likely N-dealkylation sites (N-methyl/N-ethyl adjacent to an activating group) is 1. The number of carbonyl (C=O) groups is 2. The molecule has 1 N–H and O–H groups in total. The predicted octanol–water partition coefficient (Wildman–Crippen LogP) is 1.70. The van der Waals surface area contributed by atoms with E-state index in [2.05, 4.69) is 15.2 Å². The van der Waals surface area contributed by atoms with Gasteiger partial charge in [-0.05, 0) is 33.3 Å². The summed E-state index contributed by atoms with van der Waals surface area (Å²) in [4.78, 5) is 32.0. The van der Waals surface area contributed by atoms with Crippen molar-refractivity contribution in [3.63, 3.8) is 0 Å². The lowest BCUT2D eigenvalue weighted by molar-refractivity contribution is -0.117. The first-order valence-corrected chi connectivity index (χ1v) is 8.23. The summed E-state index contributed by atoms with van der Waals surface area (Å²) in [5.74, 6) is 0.800. The largest absolute Gasteiger partial charge is 0.444 e. The maximum absolute atomic E-state index is 11.9. The van der Waals surface area contributed by atoms with Gasteiger partial charge in [-0.25, -0.2) is 9.78 Å². The van der Waals surface area contributed by atoms with Gasteiger partial charge in [-0.15, -0.1) is 0 Å². The van der Waals surface area contributed by atoms with Crippen LogP contribution in [0, 0.1) is 0 Å². The molecule has 130 valence electrons. The molecule has 0 bridgehead atoms. The summed E-state index contributed by atoms with van der Waals surface area (Å²) < 4.78 is 5.31. The molecule has 7 heteroatoms. The fourth-order valence-electron chi connectivity index (χ4n) is 3.19. The van der Waals surface area contributed by atoms with E-state index in [0.717, 1.165) is 30.0 Å². The molecule has 7 nitrogen and oxygen atoms in total. The molecule has 1 atom stereocenters. The van der Waals surface area contributed by atoms with Crippen LogP contribution >= 0.6 is 0 Å². The number of carbonyl (C=O) groups excluding carboxylic acids is 2. The van der Waals surface area contributed by atoms with Gasteiger partial charge in [0.2, 0.25) is 5.91 Å². The minimum atomic E-state index is -0.501. The Morgan fingerprint density at radius 2 is 2.17 bits per heavy atom. The van der Waals surface area contributed by atoms with Crippen LogP contribution in [0.5, 0.6) is 0 Å². The van der Waals surface area contributed by atoms with Gasteiger partial charge in [0.15, 0.2) is 0 Å². The van der Waals surface area contributed by atoms with Crippen LogP contribution in [0.2, 0.25) is 0 Å².